The SMILES string of the molecule is Cl.O=NO.[KH]. The second-order valence-corrected chi connectivity index (χ2v) is 0.0816. The predicted octanol–water partition coefficient (Wildman–Crippen LogP) is -0.0847. The van der Waals surface area contributed by atoms with Gasteiger partial charge in [0.15, 0.2) is 5.34 Å². The number of hydrogen-bond acceptors (Lipinski definition) is 2. The van der Waals surface area contributed by atoms with Gasteiger partial charge >= 0.3 is 51.4 Å². The molecule has 0 aliphatic rings. The molecule has 0 atom stereocenters. The first kappa shape index (κ1) is 16.2. The minimum atomic E-state index is 0. The van der Waals surface area contributed by atoms with Gasteiger partial charge in [0.25, 0.3) is 0 Å². The molecule has 3 nitrogen and oxygen atoms in total. The third-order valence-electron chi connectivity index (χ3n) is 0. The quantitative estimate of drug-likeness (QED) is 0.278. The molecule has 5 heavy (non-hydrogen) atoms. The summed E-state index contributed by atoms with van der Waals surface area (Å²) >= 11 is 0. The van der Waals surface area contributed by atoms with Crippen LogP contribution in [0.1, 0.15) is 0 Å². The normalized spacial score (nSPS) is 2.40. The average molecular weight is 124 g/mol. The van der Waals surface area contributed by atoms with Crippen molar-refractivity contribution in [3.05, 3.63) is 4.91 Å². The van der Waals surface area contributed by atoms with E-state index < -0.39 is 0 Å². The van der Waals surface area contributed by atoms with Crippen LogP contribution in [0.2, 0.25) is 0 Å². The third-order valence-corrected chi connectivity index (χ3v) is 0. The molecule has 0 heterocycles. The Hall–Kier alpha value is 1.33. The Morgan fingerprint density at radius 2 is 1.60 bits per heavy atom. The van der Waals surface area contributed by atoms with Crippen molar-refractivity contribution in [3.63, 3.8) is 0 Å². The first-order valence-electron chi connectivity index (χ1n) is 0.383. The van der Waals surface area contributed by atoms with Crippen molar-refractivity contribution >= 4 is 63.8 Å². The zero-order valence-corrected chi connectivity index (χ0v) is 2.53. The summed E-state index contributed by atoms with van der Waals surface area (Å²) in [5, 5.41) is 7.89. The first-order valence-corrected chi connectivity index (χ1v) is 0.383. The predicted molar refractivity (Wildman–Crippen MR) is 22.0 cm³/mol. The molecule has 0 rings (SSSR count). The number of halogens is 1. The van der Waals surface area contributed by atoms with Crippen LogP contribution >= 0.6 is 12.4 Å². The molecule has 0 bridgehead atoms. The second kappa shape index (κ2) is 18.4. The Balaban J connectivity index is -0.0000000200. The maximum absolute atomic E-state index is 8.11. The van der Waals surface area contributed by atoms with Gasteiger partial charge in [-0.15, -0.1) is 17.3 Å². The van der Waals surface area contributed by atoms with Gasteiger partial charge in [-0.3, -0.25) is 0 Å². The van der Waals surface area contributed by atoms with Gasteiger partial charge in [0.2, 0.25) is 0 Å². The van der Waals surface area contributed by atoms with Crippen LogP contribution in [0.4, 0.5) is 0 Å². The summed E-state index contributed by atoms with van der Waals surface area (Å²) in [7, 11) is 0. The van der Waals surface area contributed by atoms with Crippen LogP contribution in [0.25, 0.3) is 0 Å². The van der Waals surface area contributed by atoms with Gasteiger partial charge in [-0.1, -0.05) is 0 Å². The molecule has 0 aromatic carbocycles. The summed E-state index contributed by atoms with van der Waals surface area (Å²) < 4.78 is 0. The van der Waals surface area contributed by atoms with E-state index in [1.54, 1.807) is 0 Å². The topological polar surface area (TPSA) is 49.7 Å². The van der Waals surface area contributed by atoms with Crippen LogP contribution < -0.4 is 0 Å². The minimum absolute atomic E-state index is 0. The summed E-state index contributed by atoms with van der Waals surface area (Å²) in [6, 6.07) is 0. The van der Waals surface area contributed by atoms with Crippen LogP contribution in [0.15, 0.2) is 5.34 Å². The molecule has 0 radical (unpaired) electrons. The summed E-state index contributed by atoms with van der Waals surface area (Å²) in [6.07, 6.45) is 0. The zero-order chi connectivity index (χ0) is 2.71. The van der Waals surface area contributed by atoms with Crippen LogP contribution in [-0.4, -0.2) is 56.6 Å². The fourth-order valence-electron chi connectivity index (χ4n) is 0. The molecule has 0 fully saturated rings. The summed E-state index contributed by atoms with van der Waals surface area (Å²) in [4.78, 5) is 8.11. The molecule has 0 saturated heterocycles. The van der Waals surface area contributed by atoms with Crippen molar-refractivity contribution in [1.29, 1.82) is 0 Å². The van der Waals surface area contributed by atoms with Gasteiger partial charge in [0.1, 0.15) is 0 Å². The van der Waals surface area contributed by atoms with Gasteiger partial charge in [0.05, 0.1) is 0 Å². The molecule has 0 unspecified atom stereocenters. The van der Waals surface area contributed by atoms with E-state index in [0.29, 0.717) is 0 Å². The fraction of sp³-hybridized carbons (Fsp3) is 0. The number of hydrogen-bond donors (Lipinski definition) is 1. The van der Waals surface area contributed by atoms with E-state index in [1.807, 2.05) is 0 Å². The van der Waals surface area contributed by atoms with Crippen molar-refractivity contribution < 1.29 is 5.21 Å². The maximum atomic E-state index is 8.11. The van der Waals surface area contributed by atoms with E-state index in [2.05, 4.69) is 0 Å². The number of rotatable bonds is 0. The monoisotopic (exact) mass is 123 g/mol. The fourth-order valence-corrected chi connectivity index (χ4v) is 0. The van der Waals surface area contributed by atoms with Crippen LogP contribution in [0, 0.1) is 4.91 Å². The molecular weight excluding hydrogens is 121 g/mol. The molecule has 0 aliphatic heterocycles. The van der Waals surface area contributed by atoms with Crippen molar-refractivity contribution in [2.24, 2.45) is 5.34 Å². The molecule has 1 N–H and O–H groups in total. The first-order chi connectivity index (χ1) is 1.41. The van der Waals surface area contributed by atoms with E-state index in [9.17, 15) is 0 Å². The van der Waals surface area contributed by atoms with Crippen molar-refractivity contribution in [1.82, 2.24) is 0 Å². The van der Waals surface area contributed by atoms with Gasteiger partial charge < -0.3 is 5.21 Å². The third kappa shape index (κ3) is 33.5. The second-order valence-electron chi connectivity index (χ2n) is 0.0816. The summed E-state index contributed by atoms with van der Waals surface area (Å²) in [5.74, 6) is 0. The Kier molecular flexibility index (Phi) is 59.8. The van der Waals surface area contributed by atoms with Crippen molar-refractivity contribution in [3.8, 4) is 0 Å². The van der Waals surface area contributed by atoms with E-state index in [0.717, 1.165) is 0 Å². The van der Waals surface area contributed by atoms with Crippen molar-refractivity contribution in [2.45, 2.75) is 0 Å². The summed E-state index contributed by atoms with van der Waals surface area (Å²) in [6.45, 7) is 0. The van der Waals surface area contributed by atoms with E-state index in [1.165, 1.54) is 5.34 Å². The molecule has 0 aromatic heterocycles. The van der Waals surface area contributed by atoms with Crippen LogP contribution in [0.3, 0.4) is 0 Å². The van der Waals surface area contributed by atoms with E-state index >= 15 is 0 Å². The molecule has 28 valence electrons. The van der Waals surface area contributed by atoms with Crippen LogP contribution in [-0.2, 0) is 0 Å². The van der Waals surface area contributed by atoms with Gasteiger partial charge in [-0.25, -0.2) is 0 Å². The molecule has 0 amide bonds. The average Bonchev–Trinajstić information content (AvgIpc) is 0.918. The Bertz CT molecular complexity index is 17.1. The molecular formula is H3ClKNO2. The molecule has 0 spiro atoms. The van der Waals surface area contributed by atoms with Crippen molar-refractivity contribution in [2.75, 3.05) is 0 Å². The van der Waals surface area contributed by atoms with Crippen LogP contribution in [0.5, 0.6) is 0 Å². The van der Waals surface area contributed by atoms with E-state index in [-0.39, 0.29) is 63.8 Å². The van der Waals surface area contributed by atoms with Gasteiger partial charge in [-0.2, -0.15) is 0 Å². The molecule has 0 saturated carbocycles. The standard InChI is InChI=1S/ClH.K.HNO2.H/c;;2-1-3;/h1H;;(H,2,3);. The van der Waals surface area contributed by atoms with Gasteiger partial charge in [-0.05, 0) is 0 Å². The molecule has 0 aliphatic carbocycles. The Labute approximate surface area is 77.9 Å². The number of nitrogens with zero attached hydrogens (tertiary/aromatic N) is 1. The Morgan fingerprint density at radius 1 is 1.60 bits per heavy atom. The zero-order valence-electron chi connectivity index (χ0n) is 1.71. The van der Waals surface area contributed by atoms with E-state index in [4.69, 9.17) is 10.1 Å². The molecule has 5 heteroatoms. The van der Waals surface area contributed by atoms with Gasteiger partial charge in [0, 0.05) is 0 Å². The molecule has 0 aromatic rings. The summed E-state index contributed by atoms with van der Waals surface area (Å²) in [5.41, 5.74) is 0. The Morgan fingerprint density at radius 3 is 1.60 bits per heavy atom.